The fourth-order valence-corrected chi connectivity index (χ4v) is 2.04. The van der Waals surface area contributed by atoms with Gasteiger partial charge in [0.05, 0.1) is 32.5 Å². The molecule has 136 valence electrons. The number of rotatable bonds is 7. The van der Waals surface area contributed by atoms with E-state index in [-0.39, 0.29) is 12.1 Å². The van der Waals surface area contributed by atoms with Crippen LogP contribution in [0.1, 0.15) is 15.9 Å². The number of carbonyl (C=O) groups excluding carboxylic acids is 2. The van der Waals surface area contributed by atoms with Gasteiger partial charge in [-0.1, -0.05) is 12.1 Å². The van der Waals surface area contributed by atoms with Gasteiger partial charge < -0.3 is 14.8 Å². The van der Waals surface area contributed by atoms with Gasteiger partial charge in [0.1, 0.15) is 17.3 Å². The van der Waals surface area contributed by atoms with E-state index in [4.69, 9.17) is 9.47 Å². The van der Waals surface area contributed by atoms with Crippen LogP contribution in [-0.4, -0.2) is 38.8 Å². The van der Waals surface area contributed by atoms with Crippen molar-refractivity contribution >= 4 is 18.0 Å². The molecule has 0 saturated carbocycles. The van der Waals surface area contributed by atoms with Gasteiger partial charge in [-0.3, -0.25) is 9.59 Å². The maximum absolute atomic E-state index is 13.5. The van der Waals surface area contributed by atoms with Crippen molar-refractivity contribution in [3.05, 3.63) is 59.4 Å². The van der Waals surface area contributed by atoms with Crippen LogP contribution in [0, 0.1) is 5.82 Å². The van der Waals surface area contributed by atoms with E-state index in [0.717, 1.165) is 0 Å². The molecule has 2 rings (SSSR count). The first-order valence-corrected chi connectivity index (χ1v) is 7.61. The van der Waals surface area contributed by atoms with Crippen molar-refractivity contribution < 1.29 is 23.5 Å². The standard InChI is InChI=1S/C18H18FN3O4/c1-25-13-8-7-12(16(9-13)26-2)10-21-22-17(23)11-20-18(24)14-5-3-4-6-15(14)19/h3-10H,11H2,1-2H3,(H,20,24)(H,22,23)/b21-10+. The van der Waals surface area contributed by atoms with Crippen LogP contribution in [0.25, 0.3) is 0 Å². The molecule has 7 nitrogen and oxygen atoms in total. The topological polar surface area (TPSA) is 89.0 Å². The third-order valence-corrected chi connectivity index (χ3v) is 3.36. The maximum atomic E-state index is 13.5. The molecule has 8 heteroatoms. The fourth-order valence-electron chi connectivity index (χ4n) is 2.04. The van der Waals surface area contributed by atoms with Crippen LogP contribution in [0.2, 0.25) is 0 Å². The average molecular weight is 359 g/mol. The Labute approximate surface area is 149 Å². The third kappa shape index (κ3) is 5.04. The summed E-state index contributed by atoms with van der Waals surface area (Å²) in [5.74, 6) is -0.749. The zero-order valence-corrected chi connectivity index (χ0v) is 14.3. The van der Waals surface area contributed by atoms with Gasteiger partial charge in [0.2, 0.25) is 0 Å². The molecular weight excluding hydrogens is 341 g/mol. The molecule has 0 aromatic heterocycles. The summed E-state index contributed by atoms with van der Waals surface area (Å²) in [7, 11) is 3.04. The second kappa shape index (κ2) is 9.16. The molecule has 26 heavy (non-hydrogen) atoms. The Hall–Kier alpha value is -3.42. The van der Waals surface area contributed by atoms with E-state index in [2.05, 4.69) is 15.8 Å². The number of ether oxygens (including phenoxy) is 2. The monoisotopic (exact) mass is 359 g/mol. The lowest BCUT2D eigenvalue weighted by Gasteiger charge is -2.07. The van der Waals surface area contributed by atoms with Crippen molar-refractivity contribution in [1.82, 2.24) is 10.7 Å². The van der Waals surface area contributed by atoms with Gasteiger partial charge in [-0.05, 0) is 24.3 Å². The van der Waals surface area contributed by atoms with Crippen LogP contribution < -0.4 is 20.2 Å². The van der Waals surface area contributed by atoms with Crippen LogP contribution >= 0.6 is 0 Å². The predicted molar refractivity (Wildman–Crippen MR) is 94.0 cm³/mol. The zero-order valence-electron chi connectivity index (χ0n) is 14.3. The van der Waals surface area contributed by atoms with E-state index in [0.29, 0.717) is 17.1 Å². The molecule has 2 N–H and O–H groups in total. The lowest BCUT2D eigenvalue weighted by Crippen LogP contribution is -2.35. The number of nitrogens with zero attached hydrogens (tertiary/aromatic N) is 1. The van der Waals surface area contributed by atoms with Crippen LogP contribution in [0.4, 0.5) is 4.39 Å². The van der Waals surface area contributed by atoms with Gasteiger partial charge in [0.25, 0.3) is 11.8 Å². The number of carbonyl (C=O) groups is 2. The Bertz CT molecular complexity index is 824. The number of hydrazone groups is 1. The molecular formula is C18H18FN3O4. The lowest BCUT2D eigenvalue weighted by atomic mass is 10.2. The molecule has 0 bridgehead atoms. The highest BCUT2D eigenvalue weighted by Crippen LogP contribution is 2.22. The number of nitrogens with one attached hydrogen (secondary N) is 2. The molecule has 0 atom stereocenters. The van der Waals surface area contributed by atoms with Crippen LogP contribution in [0.5, 0.6) is 11.5 Å². The normalized spacial score (nSPS) is 10.4. The molecule has 0 saturated heterocycles. The highest BCUT2D eigenvalue weighted by Gasteiger charge is 2.11. The molecule has 2 aromatic carbocycles. The van der Waals surface area contributed by atoms with Crippen LogP contribution in [0.3, 0.4) is 0 Å². The van der Waals surface area contributed by atoms with Gasteiger partial charge in [-0.2, -0.15) is 5.10 Å². The number of benzene rings is 2. The predicted octanol–water partition coefficient (Wildman–Crippen LogP) is 1.72. The number of halogens is 1. The molecule has 0 aliphatic rings. The Balaban J connectivity index is 1.88. The van der Waals surface area contributed by atoms with Crippen molar-refractivity contribution in [2.45, 2.75) is 0 Å². The maximum Gasteiger partial charge on any atom is 0.259 e. The summed E-state index contributed by atoms with van der Waals surface area (Å²) in [6.45, 7) is -0.343. The number of hydrogen-bond donors (Lipinski definition) is 2. The van der Waals surface area contributed by atoms with E-state index >= 15 is 0 Å². The quantitative estimate of drug-likeness (QED) is 0.582. The first-order chi connectivity index (χ1) is 12.5. The summed E-state index contributed by atoms with van der Waals surface area (Å²) in [5.41, 5.74) is 2.76. The highest BCUT2D eigenvalue weighted by atomic mass is 19.1. The lowest BCUT2D eigenvalue weighted by molar-refractivity contribution is -0.120. The van der Waals surface area contributed by atoms with E-state index in [1.807, 2.05) is 0 Å². The minimum absolute atomic E-state index is 0.133. The summed E-state index contributed by atoms with van der Waals surface area (Å²) in [4.78, 5) is 23.5. The van der Waals surface area contributed by atoms with Gasteiger partial charge in [0, 0.05) is 11.6 Å². The number of amides is 2. The summed E-state index contributed by atoms with van der Waals surface area (Å²) in [5, 5.41) is 6.12. The third-order valence-electron chi connectivity index (χ3n) is 3.36. The molecule has 2 aromatic rings. The molecule has 0 radical (unpaired) electrons. The largest absolute Gasteiger partial charge is 0.497 e. The minimum atomic E-state index is -0.681. The fraction of sp³-hybridized carbons (Fsp3) is 0.167. The molecule has 0 fully saturated rings. The van der Waals surface area contributed by atoms with Crippen molar-refractivity contribution in [2.75, 3.05) is 20.8 Å². The van der Waals surface area contributed by atoms with Gasteiger partial charge >= 0.3 is 0 Å². The molecule has 0 aliphatic heterocycles. The number of hydrogen-bond acceptors (Lipinski definition) is 5. The van der Waals surface area contributed by atoms with Crippen molar-refractivity contribution in [3.8, 4) is 11.5 Å². The average Bonchev–Trinajstić information content (AvgIpc) is 2.66. The van der Waals surface area contributed by atoms with Crippen molar-refractivity contribution in [1.29, 1.82) is 0 Å². The second-order valence-corrected chi connectivity index (χ2v) is 5.06. The summed E-state index contributed by atoms with van der Waals surface area (Å²) in [6, 6.07) is 10.6. The van der Waals surface area contributed by atoms with E-state index in [1.54, 1.807) is 25.3 Å². The zero-order chi connectivity index (χ0) is 18.9. The van der Waals surface area contributed by atoms with Gasteiger partial charge in [-0.25, -0.2) is 9.82 Å². The van der Waals surface area contributed by atoms with Gasteiger partial charge in [0.15, 0.2) is 0 Å². The highest BCUT2D eigenvalue weighted by molar-refractivity contribution is 5.96. The van der Waals surface area contributed by atoms with Crippen LogP contribution in [0.15, 0.2) is 47.6 Å². The van der Waals surface area contributed by atoms with Gasteiger partial charge in [-0.15, -0.1) is 0 Å². The van der Waals surface area contributed by atoms with E-state index < -0.39 is 17.6 Å². The van der Waals surface area contributed by atoms with Crippen molar-refractivity contribution in [2.24, 2.45) is 5.10 Å². The summed E-state index contributed by atoms with van der Waals surface area (Å²) >= 11 is 0. The summed E-state index contributed by atoms with van der Waals surface area (Å²) in [6.07, 6.45) is 1.40. The Kier molecular flexibility index (Phi) is 6.67. The van der Waals surface area contributed by atoms with E-state index in [9.17, 15) is 14.0 Å². The second-order valence-electron chi connectivity index (χ2n) is 5.06. The first kappa shape index (κ1) is 18.9. The Morgan fingerprint density at radius 3 is 2.62 bits per heavy atom. The summed E-state index contributed by atoms with van der Waals surface area (Å²) < 4.78 is 23.8. The van der Waals surface area contributed by atoms with Crippen molar-refractivity contribution in [3.63, 3.8) is 0 Å². The molecule has 0 spiro atoms. The molecule has 0 unspecified atom stereocenters. The molecule has 0 aliphatic carbocycles. The Morgan fingerprint density at radius 2 is 1.92 bits per heavy atom. The molecule has 2 amide bonds. The molecule has 0 heterocycles. The van der Waals surface area contributed by atoms with E-state index in [1.165, 1.54) is 37.6 Å². The van der Waals surface area contributed by atoms with Crippen LogP contribution in [-0.2, 0) is 4.79 Å². The first-order valence-electron chi connectivity index (χ1n) is 7.61. The minimum Gasteiger partial charge on any atom is -0.497 e. The number of methoxy groups -OCH3 is 2. The smallest absolute Gasteiger partial charge is 0.259 e. The SMILES string of the molecule is COc1ccc(/C=N/NC(=O)CNC(=O)c2ccccc2F)c(OC)c1. The Morgan fingerprint density at radius 1 is 1.15 bits per heavy atom.